The maximum absolute atomic E-state index is 9.96. The number of isocyanates is 1. The first kappa shape index (κ1) is 8.94. The summed E-state index contributed by atoms with van der Waals surface area (Å²) >= 11 is 5.70. The molecule has 12 heavy (non-hydrogen) atoms. The quantitative estimate of drug-likeness (QED) is 0.560. The molecule has 0 heterocycles. The van der Waals surface area contributed by atoms with Gasteiger partial charge in [-0.25, -0.2) is 4.79 Å². The molecule has 3 nitrogen and oxygen atoms in total. The Balaban J connectivity index is 3.19. The van der Waals surface area contributed by atoms with Crippen molar-refractivity contribution < 1.29 is 4.79 Å². The minimum Gasteiger partial charge on any atom is -0.326 e. The maximum atomic E-state index is 9.96. The molecule has 0 saturated heterocycles. The fourth-order valence-corrected chi connectivity index (χ4v) is 1.07. The van der Waals surface area contributed by atoms with Crippen LogP contribution in [0.5, 0.6) is 0 Å². The highest BCUT2D eigenvalue weighted by Crippen LogP contribution is 2.22. The second-order valence-corrected chi connectivity index (χ2v) is 2.62. The molecule has 1 rings (SSSR count). The molecule has 0 aromatic heterocycles. The van der Waals surface area contributed by atoms with Crippen molar-refractivity contribution in [1.82, 2.24) is 0 Å². The van der Waals surface area contributed by atoms with E-state index in [-0.39, 0.29) is 0 Å². The van der Waals surface area contributed by atoms with Gasteiger partial charge in [0.2, 0.25) is 6.08 Å². The van der Waals surface area contributed by atoms with E-state index in [0.29, 0.717) is 17.3 Å². The van der Waals surface area contributed by atoms with E-state index in [0.717, 1.165) is 5.56 Å². The number of hydrogen-bond donors (Lipinski definition) is 1. The Kier molecular flexibility index (Phi) is 3.00. The summed E-state index contributed by atoms with van der Waals surface area (Å²) in [4.78, 5) is 13.4. The van der Waals surface area contributed by atoms with Gasteiger partial charge in [0.05, 0.1) is 5.69 Å². The Bertz CT molecular complexity index is 332. The third kappa shape index (κ3) is 1.92. The van der Waals surface area contributed by atoms with Crippen molar-refractivity contribution in [3.05, 3.63) is 28.8 Å². The summed E-state index contributed by atoms with van der Waals surface area (Å²) in [7, 11) is 0. The molecule has 1 aromatic carbocycles. The minimum absolute atomic E-state index is 0.307. The smallest absolute Gasteiger partial charge is 0.240 e. The van der Waals surface area contributed by atoms with Crippen LogP contribution in [-0.4, -0.2) is 6.08 Å². The molecule has 0 bridgehead atoms. The number of carbonyl (C=O) groups excluding carboxylic acids is 1. The number of halogens is 1. The monoisotopic (exact) mass is 182 g/mol. The Morgan fingerprint density at radius 3 is 2.92 bits per heavy atom. The summed E-state index contributed by atoms with van der Waals surface area (Å²) in [5, 5.41) is 0.584. The molecule has 0 radical (unpaired) electrons. The van der Waals surface area contributed by atoms with Gasteiger partial charge < -0.3 is 5.73 Å². The van der Waals surface area contributed by atoms with E-state index in [1.54, 1.807) is 18.2 Å². The average Bonchev–Trinajstić information content (AvgIpc) is 2.08. The summed E-state index contributed by atoms with van der Waals surface area (Å²) in [5.41, 5.74) is 6.67. The molecule has 0 aliphatic heterocycles. The van der Waals surface area contributed by atoms with Crippen LogP contribution in [-0.2, 0) is 11.3 Å². The Morgan fingerprint density at radius 1 is 1.58 bits per heavy atom. The second kappa shape index (κ2) is 4.02. The molecule has 0 fully saturated rings. The molecule has 0 atom stereocenters. The van der Waals surface area contributed by atoms with Crippen LogP contribution in [0.15, 0.2) is 23.2 Å². The molecule has 2 N–H and O–H groups in total. The fraction of sp³-hybridized carbons (Fsp3) is 0.125. The Labute approximate surface area is 74.9 Å². The average molecular weight is 183 g/mol. The summed E-state index contributed by atoms with van der Waals surface area (Å²) in [6.45, 7) is 0.307. The van der Waals surface area contributed by atoms with Gasteiger partial charge >= 0.3 is 0 Å². The summed E-state index contributed by atoms with van der Waals surface area (Å²) in [5.74, 6) is 0. The number of hydrogen-bond acceptors (Lipinski definition) is 3. The normalized spacial score (nSPS) is 9.17. The number of aliphatic imine (C=N–C) groups is 1. The van der Waals surface area contributed by atoms with Crippen LogP contribution in [0.4, 0.5) is 5.69 Å². The molecule has 62 valence electrons. The lowest BCUT2D eigenvalue weighted by atomic mass is 10.2. The molecule has 0 amide bonds. The topological polar surface area (TPSA) is 55.4 Å². The number of rotatable bonds is 2. The van der Waals surface area contributed by atoms with E-state index in [2.05, 4.69) is 4.99 Å². The molecular weight excluding hydrogens is 176 g/mol. The third-order valence-corrected chi connectivity index (χ3v) is 1.66. The van der Waals surface area contributed by atoms with Gasteiger partial charge in [-0.2, -0.15) is 4.99 Å². The largest absolute Gasteiger partial charge is 0.326 e. The van der Waals surface area contributed by atoms with Crippen molar-refractivity contribution in [1.29, 1.82) is 0 Å². The van der Waals surface area contributed by atoms with Gasteiger partial charge in [0, 0.05) is 11.6 Å². The van der Waals surface area contributed by atoms with E-state index in [1.807, 2.05) is 0 Å². The van der Waals surface area contributed by atoms with Gasteiger partial charge in [-0.15, -0.1) is 0 Å². The SMILES string of the molecule is NCc1cc(Cl)ccc1N=C=O. The molecule has 1 aromatic rings. The highest BCUT2D eigenvalue weighted by molar-refractivity contribution is 6.30. The van der Waals surface area contributed by atoms with Crippen LogP contribution < -0.4 is 5.73 Å². The van der Waals surface area contributed by atoms with Gasteiger partial charge in [-0.3, -0.25) is 0 Å². The zero-order valence-electron chi connectivity index (χ0n) is 6.25. The zero-order chi connectivity index (χ0) is 8.97. The van der Waals surface area contributed by atoms with Gasteiger partial charge in [0.15, 0.2) is 0 Å². The minimum atomic E-state index is 0.307. The Hall–Kier alpha value is -1.15. The van der Waals surface area contributed by atoms with Crippen LogP contribution in [0.1, 0.15) is 5.56 Å². The van der Waals surface area contributed by atoms with E-state index in [4.69, 9.17) is 17.3 Å². The molecule has 0 aliphatic carbocycles. The number of benzene rings is 1. The maximum Gasteiger partial charge on any atom is 0.240 e. The highest BCUT2D eigenvalue weighted by atomic mass is 35.5. The Morgan fingerprint density at radius 2 is 2.33 bits per heavy atom. The van der Waals surface area contributed by atoms with Crippen molar-refractivity contribution >= 4 is 23.4 Å². The number of nitrogens with zero attached hydrogens (tertiary/aromatic N) is 1. The summed E-state index contributed by atoms with van der Waals surface area (Å²) < 4.78 is 0. The summed E-state index contributed by atoms with van der Waals surface area (Å²) in [6.07, 6.45) is 1.45. The molecular formula is C8H7ClN2O. The van der Waals surface area contributed by atoms with E-state index < -0.39 is 0 Å². The first-order chi connectivity index (χ1) is 5.77. The third-order valence-electron chi connectivity index (χ3n) is 1.43. The molecule has 0 spiro atoms. The van der Waals surface area contributed by atoms with Gasteiger partial charge in [-0.05, 0) is 23.8 Å². The van der Waals surface area contributed by atoms with Crippen molar-refractivity contribution in [3.8, 4) is 0 Å². The first-order valence-corrected chi connectivity index (χ1v) is 3.72. The van der Waals surface area contributed by atoms with Crippen LogP contribution >= 0.6 is 11.6 Å². The van der Waals surface area contributed by atoms with E-state index >= 15 is 0 Å². The van der Waals surface area contributed by atoms with Gasteiger partial charge in [0.1, 0.15) is 0 Å². The van der Waals surface area contributed by atoms with Crippen molar-refractivity contribution in [2.75, 3.05) is 0 Å². The predicted molar refractivity (Wildman–Crippen MR) is 47.1 cm³/mol. The number of nitrogens with two attached hydrogens (primary N) is 1. The fourth-order valence-electron chi connectivity index (χ4n) is 0.876. The van der Waals surface area contributed by atoms with Crippen molar-refractivity contribution in [2.24, 2.45) is 10.7 Å². The molecule has 0 unspecified atom stereocenters. The predicted octanol–water partition coefficient (Wildman–Crippen LogP) is 1.77. The lowest BCUT2D eigenvalue weighted by Crippen LogP contribution is -1.96. The first-order valence-electron chi connectivity index (χ1n) is 3.34. The molecule has 0 saturated carbocycles. The standard InChI is InChI=1S/C8H7ClN2O/c9-7-1-2-8(11-5-12)6(3-7)4-10/h1-3H,4,10H2. The lowest BCUT2D eigenvalue weighted by molar-refractivity contribution is 0.565. The van der Waals surface area contributed by atoms with Crippen LogP contribution in [0.3, 0.4) is 0 Å². The van der Waals surface area contributed by atoms with Crippen LogP contribution in [0.2, 0.25) is 5.02 Å². The van der Waals surface area contributed by atoms with E-state index in [9.17, 15) is 4.79 Å². The molecule has 0 aliphatic rings. The van der Waals surface area contributed by atoms with Crippen molar-refractivity contribution in [2.45, 2.75) is 6.54 Å². The lowest BCUT2D eigenvalue weighted by Gasteiger charge is -2.00. The van der Waals surface area contributed by atoms with Crippen molar-refractivity contribution in [3.63, 3.8) is 0 Å². The zero-order valence-corrected chi connectivity index (χ0v) is 7.01. The second-order valence-electron chi connectivity index (χ2n) is 2.18. The van der Waals surface area contributed by atoms with Gasteiger partial charge in [-0.1, -0.05) is 11.6 Å². The summed E-state index contributed by atoms with van der Waals surface area (Å²) in [6, 6.07) is 4.96. The van der Waals surface area contributed by atoms with E-state index in [1.165, 1.54) is 6.08 Å². The van der Waals surface area contributed by atoms with Crippen LogP contribution in [0.25, 0.3) is 0 Å². The van der Waals surface area contributed by atoms with Crippen LogP contribution in [0, 0.1) is 0 Å². The van der Waals surface area contributed by atoms with Gasteiger partial charge in [0.25, 0.3) is 0 Å². The molecule has 4 heteroatoms. The highest BCUT2D eigenvalue weighted by Gasteiger charge is 1.99.